The number of nitrogens with one attached hydrogen (secondary N) is 2. The summed E-state index contributed by atoms with van der Waals surface area (Å²) in [4.78, 5) is 23.0. The van der Waals surface area contributed by atoms with Gasteiger partial charge in [-0.05, 0) is 37.3 Å². The van der Waals surface area contributed by atoms with E-state index in [0.717, 1.165) is 41.3 Å². The molecule has 1 atom stereocenters. The Morgan fingerprint density at radius 3 is 2.79 bits per heavy atom. The third-order valence-corrected chi connectivity index (χ3v) is 6.07. The number of rotatable bonds is 5. The van der Waals surface area contributed by atoms with Crippen molar-refractivity contribution in [2.75, 3.05) is 36.5 Å². The Kier molecular flexibility index (Phi) is 5.06. The molecular formula is C24H23FN8O. The number of aromatic nitrogens is 6. The predicted molar refractivity (Wildman–Crippen MR) is 128 cm³/mol. The van der Waals surface area contributed by atoms with Crippen molar-refractivity contribution >= 4 is 33.7 Å². The van der Waals surface area contributed by atoms with Crippen molar-refractivity contribution in [2.45, 2.75) is 13.0 Å². The molecule has 172 valence electrons. The Balaban J connectivity index is 1.45. The number of nitrogens with zero attached hydrogens (tertiary/aromatic N) is 6. The third kappa shape index (κ3) is 3.61. The molecule has 5 aromatic rings. The van der Waals surface area contributed by atoms with E-state index in [9.17, 15) is 4.39 Å². The van der Waals surface area contributed by atoms with Crippen LogP contribution in [0, 0.1) is 5.82 Å². The molecule has 1 saturated heterocycles. The second-order valence-corrected chi connectivity index (χ2v) is 8.25. The van der Waals surface area contributed by atoms with E-state index in [1.54, 1.807) is 12.4 Å². The maximum atomic E-state index is 14.3. The molecule has 9 nitrogen and oxygen atoms in total. The van der Waals surface area contributed by atoms with Crippen LogP contribution in [0.25, 0.3) is 27.9 Å². The van der Waals surface area contributed by atoms with E-state index in [-0.39, 0.29) is 11.9 Å². The van der Waals surface area contributed by atoms with Gasteiger partial charge in [-0.2, -0.15) is 0 Å². The van der Waals surface area contributed by atoms with Crippen LogP contribution in [0.5, 0.6) is 0 Å². The Morgan fingerprint density at radius 1 is 1.06 bits per heavy atom. The van der Waals surface area contributed by atoms with Crippen LogP contribution in [-0.4, -0.2) is 55.8 Å². The molecule has 0 spiro atoms. The van der Waals surface area contributed by atoms with Gasteiger partial charge in [0.15, 0.2) is 11.5 Å². The highest BCUT2D eigenvalue weighted by atomic mass is 19.1. The summed E-state index contributed by atoms with van der Waals surface area (Å²) in [5.74, 6) is 1.06. The number of benzene rings is 2. The Bertz CT molecular complexity index is 1470. The standard InChI is InChI=1S/C24H23FN8O/c1-15(30-23-21-22(27-13-26-21)28-14-29-23)24-31-19-6-5-16(25)11-20(19)33(24)18-4-2-3-17(12-18)32-7-9-34-10-8-32/h2-6,11-15H,7-10H2,1H3,(H2,26,27,28,29,30)/t15-/m0/s1. The lowest BCUT2D eigenvalue weighted by Crippen LogP contribution is -2.36. The Labute approximate surface area is 194 Å². The molecule has 0 unspecified atom stereocenters. The van der Waals surface area contributed by atoms with E-state index >= 15 is 0 Å². The lowest BCUT2D eigenvalue weighted by molar-refractivity contribution is 0.122. The van der Waals surface area contributed by atoms with Crippen LogP contribution in [0.2, 0.25) is 0 Å². The first-order chi connectivity index (χ1) is 16.7. The second kappa shape index (κ2) is 8.38. The highest BCUT2D eigenvalue weighted by molar-refractivity contribution is 5.82. The number of morpholine rings is 1. The Hall–Kier alpha value is -4.05. The minimum atomic E-state index is -0.305. The van der Waals surface area contributed by atoms with Gasteiger partial charge in [0.2, 0.25) is 0 Å². The molecule has 1 fully saturated rings. The van der Waals surface area contributed by atoms with E-state index in [0.29, 0.717) is 30.2 Å². The first-order valence-electron chi connectivity index (χ1n) is 11.2. The predicted octanol–water partition coefficient (Wildman–Crippen LogP) is 3.84. The third-order valence-electron chi connectivity index (χ3n) is 6.07. The number of hydrogen-bond acceptors (Lipinski definition) is 7. The summed E-state index contributed by atoms with van der Waals surface area (Å²) in [5.41, 5.74) is 4.74. The van der Waals surface area contributed by atoms with Gasteiger partial charge in [0.1, 0.15) is 23.5 Å². The molecule has 2 N–H and O–H groups in total. The minimum absolute atomic E-state index is 0.246. The number of fused-ring (bicyclic) bond motifs is 2. The Morgan fingerprint density at radius 2 is 1.91 bits per heavy atom. The normalized spacial score (nSPS) is 15.2. The van der Waals surface area contributed by atoms with Crippen molar-refractivity contribution < 1.29 is 9.13 Å². The average Bonchev–Trinajstić information content (AvgIpc) is 3.50. The highest BCUT2D eigenvalue weighted by Gasteiger charge is 2.21. The average molecular weight is 459 g/mol. The monoisotopic (exact) mass is 458 g/mol. The lowest BCUT2D eigenvalue weighted by atomic mass is 10.2. The van der Waals surface area contributed by atoms with E-state index < -0.39 is 0 Å². The molecule has 1 aliphatic heterocycles. The summed E-state index contributed by atoms with van der Waals surface area (Å²) >= 11 is 0. The van der Waals surface area contributed by atoms with Crippen molar-refractivity contribution in [1.82, 2.24) is 29.5 Å². The van der Waals surface area contributed by atoms with Crippen molar-refractivity contribution in [2.24, 2.45) is 0 Å². The van der Waals surface area contributed by atoms with Gasteiger partial charge in [0.25, 0.3) is 0 Å². The number of imidazole rings is 2. The van der Waals surface area contributed by atoms with Crippen molar-refractivity contribution in [3.63, 3.8) is 0 Å². The number of halogens is 1. The number of H-pyrrole nitrogens is 1. The van der Waals surface area contributed by atoms with Crippen LogP contribution >= 0.6 is 0 Å². The van der Waals surface area contributed by atoms with Gasteiger partial charge in [0, 0.05) is 30.5 Å². The van der Waals surface area contributed by atoms with Gasteiger partial charge in [-0.3, -0.25) is 4.57 Å². The van der Waals surface area contributed by atoms with Crippen LogP contribution in [0.15, 0.2) is 55.1 Å². The summed E-state index contributed by atoms with van der Waals surface area (Å²) in [5, 5.41) is 3.42. The molecule has 6 rings (SSSR count). The molecule has 2 aromatic carbocycles. The van der Waals surface area contributed by atoms with Gasteiger partial charge in [0.05, 0.1) is 36.6 Å². The molecule has 0 aliphatic carbocycles. The summed E-state index contributed by atoms with van der Waals surface area (Å²) in [6, 6.07) is 12.7. The zero-order valence-electron chi connectivity index (χ0n) is 18.6. The summed E-state index contributed by atoms with van der Waals surface area (Å²) < 4.78 is 21.8. The van der Waals surface area contributed by atoms with Crippen LogP contribution in [0.3, 0.4) is 0 Å². The molecule has 4 heterocycles. The van der Waals surface area contributed by atoms with Gasteiger partial charge >= 0.3 is 0 Å². The summed E-state index contributed by atoms with van der Waals surface area (Å²) in [7, 11) is 0. The molecular weight excluding hydrogens is 435 g/mol. The summed E-state index contributed by atoms with van der Waals surface area (Å²) in [6.07, 6.45) is 3.06. The summed E-state index contributed by atoms with van der Waals surface area (Å²) in [6.45, 7) is 5.08. The number of hydrogen-bond donors (Lipinski definition) is 2. The first kappa shape index (κ1) is 20.5. The fourth-order valence-corrected chi connectivity index (χ4v) is 4.42. The number of anilines is 2. The molecule has 0 radical (unpaired) electrons. The SMILES string of the molecule is C[C@H](Nc1ncnc2nc[nH]c12)c1nc2ccc(F)cc2n1-c1cccc(N2CCOCC2)c1. The lowest BCUT2D eigenvalue weighted by Gasteiger charge is -2.29. The van der Waals surface area contributed by atoms with E-state index in [1.165, 1.54) is 18.5 Å². The molecule has 1 aliphatic rings. The van der Waals surface area contributed by atoms with E-state index in [2.05, 4.69) is 42.3 Å². The quantitative estimate of drug-likeness (QED) is 0.413. The number of aromatic amines is 1. The topological polar surface area (TPSA) is 96.8 Å². The fraction of sp³-hybridized carbons (Fsp3) is 0.250. The minimum Gasteiger partial charge on any atom is -0.378 e. The molecule has 34 heavy (non-hydrogen) atoms. The van der Waals surface area contributed by atoms with Crippen LogP contribution in [0.1, 0.15) is 18.8 Å². The van der Waals surface area contributed by atoms with Crippen molar-refractivity contribution in [3.8, 4) is 5.69 Å². The zero-order valence-corrected chi connectivity index (χ0v) is 18.6. The van der Waals surface area contributed by atoms with Crippen LogP contribution in [-0.2, 0) is 4.74 Å². The molecule has 3 aromatic heterocycles. The largest absolute Gasteiger partial charge is 0.378 e. The number of ether oxygens (including phenoxy) is 1. The van der Waals surface area contributed by atoms with Gasteiger partial charge in [-0.25, -0.2) is 24.3 Å². The van der Waals surface area contributed by atoms with Crippen molar-refractivity contribution in [3.05, 3.63) is 66.8 Å². The van der Waals surface area contributed by atoms with Crippen molar-refractivity contribution in [1.29, 1.82) is 0 Å². The maximum Gasteiger partial charge on any atom is 0.182 e. The molecule has 0 saturated carbocycles. The molecule has 10 heteroatoms. The van der Waals surface area contributed by atoms with Gasteiger partial charge in [-0.15, -0.1) is 0 Å². The molecule has 0 bridgehead atoms. The van der Waals surface area contributed by atoms with E-state index in [4.69, 9.17) is 9.72 Å². The molecule has 0 amide bonds. The first-order valence-corrected chi connectivity index (χ1v) is 11.2. The fourth-order valence-electron chi connectivity index (χ4n) is 4.42. The van der Waals surface area contributed by atoms with Crippen LogP contribution in [0.4, 0.5) is 15.9 Å². The van der Waals surface area contributed by atoms with E-state index in [1.807, 2.05) is 23.6 Å². The van der Waals surface area contributed by atoms with Crippen LogP contribution < -0.4 is 10.2 Å². The van der Waals surface area contributed by atoms with Gasteiger partial charge < -0.3 is 19.9 Å². The maximum absolute atomic E-state index is 14.3. The second-order valence-electron chi connectivity index (χ2n) is 8.25. The van der Waals surface area contributed by atoms with Gasteiger partial charge in [-0.1, -0.05) is 6.07 Å². The zero-order chi connectivity index (χ0) is 23.1. The highest BCUT2D eigenvalue weighted by Crippen LogP contribution is 2.30. The smallest absolute Gasteiger partial charge is 0.182 e.